The van der Waals surface area contributed by atoms with Crippen LogP contribution in [0.25, 0.3) is 44.2 Å². The van der Waals surface area contributed by atoms with Gasteiger partial charge in [0.25, 0.3) is 0 Å². The van der Waals surface area contributed by atoms with E-state index in [1.165, 1.54) is 130 Å². The quantitative estimate of drug-likeness (QED) is 0.0568. The van der Waals surface area contributed by atoms with Crippen LogP contribution in [0.15, 0.2) is 115 Å². The van der Waals surface area contributed by atoms with E-state index in [0.29, 0.717) is 0 Å². The number of nitrogens with two attached hydrogens (primary N) is 3. The lowest BCUT2D eigenvalue weighted by molar-refractivity contribution is 0.667. The summed E-state index contributed by atoms with van der Waals surface area (Å²) >= 11 is 0. The Morgan fingerprint density at radius 1 is 0.368 bits per heavy atom. The van der Waals surface area contributed by atoms with E-state index in [0.717, 1.165) is 33.8 Å². The Balaban J connectivity index is 0.000000227. The summed E-state index contributed by atoms with van der Waals surface area (Å²) in [5.74, 6) is 0. The van der Waals surface area contributed by atoms with Gasteiger partial charge in [0.2, 0.25) is 0 Å². The minimum Gasteiger partial charge on any atom is -0.399 e. The van der Waals surface area contributed by atoms with Crippen LogP contribution in [-0.4, -0.2) is 0 Å². The van der Waals surface area contributed by atoms with Gasteiger partial charge in [-0.3, -0.25) is 0 Å². The van der Waals surface area contributed by atoms with Gasteiger partial charge in [0.1, 0.15) is 0 Å². The zero-order valence-corrected chi connectivity index (χ0v) is 35.5. The van der Waals surface area contributed by atoms with Crippen LogP contribution in [-0.2, 0) is 25.7 Å². The minimum absolute atomic E-state index is 0.761. The third kappa shape index (κ3) is 11.8. The van der Waals surface area contributed by atoms with Crippen LogP contribution in [0.4, 0.5) is 17.1 Å². The molecule has 0 fully saturated rings. The molecule has 0 aliphatic rings. The van der Waals surface area contributed by atoms with E-state index in [4.69, 9.17) is 17.2 Å². The first-order chi connectivity index (χ1) is 27.9. The summed E-state index contributed by atoms with van der Waals surface area (Å²) in [6, 6.07) is 39.9. The average molecular weight is 760 g/mol. The number of hydrogen-bond donors (Lipinski definition) is 3. The molecule has 3 nitrogen and oxygen atoms in total. The Hall–Kier alpha value is -5.02. The van der Waals surface area contributed by atoms with Crippen LogP contribution in [0.3, 0.4) is 0 Å². The molecule has 0 spiro atoms. The first-order valence-electron chi connectivity index (χ1n) is 22.1. The second-order valence-corrected chi connectivity index (χ2v) is 15.9. The summed E-state index contributed by atoms with van der Waals surface area (Å²) in [6.45, 7) is 9.26. The van der Waals surface area contributed by atoms with Crippen molar-refractivity contribution in [1.82, 2.24) is 0 Å². The number of fused-ring (bicyclic) bond motifs is 1. The van der Waals surface area contributed by atoms with Gasteiger partial charge in [-0.1, -0.05) is 164 Å². The maximum atomic E-state index is 6.56. The molecule has 0 radical (unpaired) electrons. The molecule has 6 aromatic rings. The van der Waals surface area contributed by atoms with Crippen molar-refractivity contribution in [1.29, 1.82) is 0 Å². The molecule has 0 aliphatic heterocycles. The largest absolute Gasteiger partial charge is 0.399 e. The highest BCUT2D eigenvalue weighted by Gasteiger charge is 2.20. The van der Waals surface area contributed by atoms with Gasteiger partial charge < -0.3 is 17.2 Å². The Bertz CT molecular complexity index is 2120. The van der Waals surface area contributed by atoms with Gasteiger partial charge in [0.05, 0.1) is 0 Å². The third-order valence-corrected chi connectivity index (χ3v) is 11.5. The molecule has 6 aromatic carbocycles. The van der Waals surface area contributed by atoms with Crippen LogP contribution in [0.2, 0.25) is 0 Å². The summed E-state index contributed by atoms with van der Waals surface area (Å²) in [5.41, 5.74) is 34.9. The zero-order valence-electron chi connectivity index (χ0n) is 35.5. The molecule has 0 amide bonds. The number of aryl methyl sites for hydroxylation is 1. The lowest BCUT2D eigenvalue weighted by Crippen LogP contribution is -2.09. The molecular formula is C54H69N3. The van der Waals surface area contributed by atoms with Crippen molar-refractivity contribution in [2.45, 2.75) is 130 Å². The van der Waals surface area contributed by atoms with E-state index in [1.54, 1.807) is 22.3 Å². The standard InChI is InChI=1S/C32H51N.C22H18N2/c1-5-9-13-19-26-25-31(30-23-17-18-24-32(30)33)29(22-16-12-8-4)28(21-15-11-7-3)27(26)20-14-10-6-2;23-17-10-8-16(9-11-17)20-13-12-18(24)14-22(20)21-7-3-5-15-4-1-2-6-19(15)21/h17-18,23-25H,5-16,19-22,33H2,1-4H3;1-14H,23-24H2. The molecule has 3 heteroatoms. The van der Waals surface area contributed by atoms with Crippen LogP contribution in [0.1, 0.15) is 127 Å². The van der Waals surface area contributed by atoms with Crippen LogP contribution < -0.4 is 17.2 Å². The van der Waals surface area contributed by atoms with Gasteiger partial charge in [-0.2, -0.15) is 0 Å². The monoisotopic (exact) mass is 760 g/mol. The van der Waals surface area contributed by atoms with Crippen molar-refractivity contribution in [3.05, 3.63) is 138 Å². The van der Waals surface area contributed by atoms with Crippen molar-refractivity contribution in [3.63, 3.8) is 0 Å². The van der Waals surface area contributed by atoms with Gasteiger partial charge in [0, 0.05) is 22.6 Å². The molecule has 57 heavy (non-hydrogen) atoms. The smallest absolute Gasteiger partial charge is 0.0393 e. The highest BCUT2D eigenvalue weighted by molar-refractivity contribution is 6.01. The predicted molar refractivity (Wildman–Crippen MR) is 253 cm³/mol. The van der Waals surface area contributed by atoms with E-state index in [9.17, 15) is 0 Å². The zero-order chi connectivity index (χ0) is 40.4. The first kappa shape index (κ1) is 43.1. The summed E-state index contributed by atoms with van der Waals surface area (Å²) in [4.78, 5) is 0. The Morgan fingerprint density at radius 3 is 1.58 bits per heavy atom. The lowest BCUT2D eigenvalue weighted by atomic mass is 9.81. The van der Waals surface area contributed by atoms with Gasteiger partial charge in [-0.05, 0) is 143 Å². The van der Waals surface area contributed by atoms with Crippen LogP contribution in [0, 0.1) is 0 Å². The third-order valence-electron chi connectivity index (χ3n) is 11.5. The fourth-order valence-electron chi connectivity index (χ4n) is 8.37. The summed E-state index contributed by atoms with van der Waals surface area (Å²) in [5, 5.41) is 2.45. The molecule has 0 unspecified atom stereocenters. The average Bonchev–Trinajstić information content (AvgIpc) is 3.23. The van der Waals surface area contributed by atoms with E-state index >= 15 is 0 Å². The number of anilines is 3. The Morgan fingerprint density at radius 2 is 0.912 bits per heavy atom. The number of unbranched alkanes of at least 4 members (excludes halogenated alkanes) is 8. The Labute approximate surface area is 345 Å². The van der Waals surface area contributed by atoms with Crippen molar-refractivity contribution < 1.29 is 0 Å². The maximum absolute atomic E-state index is 6.56. The van der Waals surface area contributed by atoms with Crippen molar-refractivity contribution in [2.24, 2.45) is 0 Å². The molecule has 300 valence electrons. The number of rotatable bonds is 19. The molecular weight excluding hydrogens is 691 g/mol. The summed E-state index contributed by atoms with van der Waals surface area (Å²) in [6.07, 6.45) is 20.5. The SMILES string of the molecule is CCCCCc1cc(-c2ccccc2N)c(CCCCC)c(CCCCC)c1CCCCC.Nc1ccc(-c2ccc(N)cc2-c2cccc3ccccc23)cc1. The molecule has 0 aliphatic carbocycles. The fourth-order valence-corrected chi connectivity index (χ4v) is 8.37. The molecule has 0 atom stereocenters. The van der Waals surface area contributed by atoms with E-state index in [-0.39, 0.29) is 0 Å². The van der Waals surface area contributed by atoms with Crippen LogP contribution >= 0.6 is 0 Å². The van der Waals surface area contributed by atoms with Crippen molar-refractivity contribution in [2.75, 3.05) is 17.2 Å². The number of hydrogen-bond acceptors (Lipinski definition) is 3. The van der Waals surface area contributed by atoms with Crippen LogP contribution in [0.5, 0.6) is 0 Å². The maximum Gasteiger partial charge on any atom is 0.0393 e. The number of para-hydroxylation sites is 1. The van der Waals surface area contributed by atoms with E-state index < -0.39 is 0 Å². The normalized spacial score (nSPS) is 11.1. The number of benzene rings is 6. The second kappa shape index (κ2) is 22.7. The molecule has 0 aromatic heterocycles. The van der Waals surface area contributed by atoms with E-state index in [1.807, 2.05) is 24.3 Å². The summed E-state index contributed by atoms with van der Waals surface area (Å²) in [7, 11) is 0. The van der Waals surface area contributed by atoms with Gasteiger partial charge in [-0.25, -0.2) is 0 Å². The lowest BCUT2D eigenvalue weighted by Gasteiger charge is -2.24. The molecule has 6 N–H and O–H groups in total. The summed E-state index contributed by atoms with van der Waals surface area (Å²) < 4.78 is 0. The van der Waals surface area contributed by atoms with Crippen molar-refractivity contribution >= 4 is 27.8 Å². The van der Waals surface area contributed by atoms with Gasteiger partial charge in [0.15, 0.2) is 0 Å². The fraction of sp³-hybridized carbons (Fsp3) is 0.370. The van der Waals surface area contributed by atoms with Gasteiger partial charge >= 0.3 is 0 Å². The molecule has 0 bridgehead atoms. The predicted octanol–water partition coefficient (Wildman–Crippen LogP) is 15.2. The highest BCUT2D eigenvalue weighted by Crippen LogP contribution is 2.39. The molecule has 0 saturated carbocycles. The van der Waals surface area contributed by atoms with E-state index in [2.05, 4.69) is 119 Å². The molecule has 0 heterocycles. The van der Waals surface area contributed by atoms with Gasteiger partial charge in [-0.15, -0.1) is 0 Å². The minimum atomic E-state index is 0.761. The molecule has 6 rings (SSSR count). The van der Waals surface area contributed by atoms with Crippen molar-refractivity contribution in [3.8, 4) is 33.4 Å². The second-order valence-electron chi connectivity index (χ2n) is 15.9. The highest BCUT2D eigenvalue weighted by atomic mass is 14.6. The topological polar surface area (TPSA) is 78.1 Å². The molecule has 0 saturated heterocycles. The number of nitrogen functional groups attached to an aromatic ring is 3. The first-order valence-corrected chi connectivity index (χ1v) is 22.1. The Kier molecular flexibility index (Phi) is 17.1.